The maximum Gasteiger partial charge on any atom is 0.469 e. The number of hydrogen-bond donors (Lipinski definition) is 9. The molecule has 0 spiro atoms. The standard InChI is InChI=1S/C27H41N3O4S2.C10H14N5O6P.C9H14N3O5P.C2H6.CH4O/c1-18(2)27(6,7)23(31)21(28-25(33)34-26(3,4)5)16-30(10)24(32)22(36-17-35)15-19-11-13-20(14-12-19)29(8)9;11-8-7-9(13-3-12-8)15(4-14-7)10-6(16)1-5(21-10)2-20-22(17,18)19;10-7-3-4-12(9(13)11-7)8-2-1-6(17-8)5-16-18(14)15;2*1-2/h11-15,17-18,21H,16H2,1-10H3,(H,28,33);3-6,10,16H,1-2H2,(H2,11,12,13)(H2,17,18,19);3-4,6,8,14-15H,1-2,5H2,(H2,10,11,13);1-2H3;2H,1H3/b22-15+;;;;/t;5?,6-,10?;;;/m.1.../s1. The van der Waals surface area contributed by atoms with E-state index in [2.05, 4.69) is 34.3 Å². The summed E-state index contributed by atoms with van der Waals surface area (Å²) < 4.78 is 40.6. The summed E-state index contributed by atoms with van der Waals surface area (Å²) >= 11 is 6.15. The highest BCUT2D eigenvalue weighted by molar-refractivity contribution is 8.24. The van der Waals surface area contributed by atoms with Gasteiger partial charge in [0.2, 0.25) is 0 Å². The van der Waals surface area contributed by atoms with Crippen LogP contribution in [0.4, 0.5) is 22.1 Å². The van der Waals surface area contributed by atoms with Gasteiger partial charge in [-0.15, -0.1) is 0 Å². The molecule has 5 heterocycles. The predicted octanol–water partition coefficient (Wildman–Crippen LogP) is 4.92. The van der Waals surface area contributed by atoms with Gasteiger partial charge >= 0.3 is 28.2 Å². The van der Waals surface area contributed by atoms with E-state index < -0.39 is 69.9 Å². The number of rotatable bonds is 19. The van der Waals surface area contributed by atoms with E-state index in [9.17, 15) is 28.8 Å². The number of nitrogen functional groups attached to an aromatic ring is 2. The van der Waals surface area contributed by atoms with E-state index in [0.717, 1.165) is 30.1 Å². The molecule has 0 aliphatic carbocycles. The Morgan fingerprint density at radius 2 is 1.61 bits per heavy atom. The SMILES string of the molecule is CC.CC(C)C(C)(C)C(=O)C(CN(C)C(=O)/C(=C\c1ccc(N(C)C)cc1)SC=S)NC(=O)OC(C)(C)C.CO.Nc1ccn(C2CCC(COP(O)O)O2)c(=O)n1.Nc1ncnc2c1ncn2C1OC(COP(=O)(O)O)C[C@H]1O. The second-order valence-electron chi connectivity index (χ2n) is 19.5. The maximum absolute atomic E-state index is 13.5. The van der Waals surface area contributed by atoms with Gasteiger partial charge in [-0.3, -0.25) is 23.2 Å². The van der Waals surface area contributed by atoms with Gasteiger partial charge in [-0.05, 0) is 69.4 Å². The molecule has 5 unspecified atom stereocenters. The molecule has 31 heteroatoms. The van der Waals surface area contributed by atoms with Crippen molar-refractivity contribution < 1.29 is 72.0 Å². The van der Waals surface area contributed by atoms with E-state index in [0.29, 0.717) is 28.9 Å². The van der Waals surface area contributed by atoms with Crippen LogP contribution < -0.4 is 27.4 Å². The number of phosphoric ester groups is 1. The third-order valence-corrected chi connectivity index (χ3v) is 13.7. The van der Waals surface area contributed by atoms with Crippen LogP contribution in [0, 0.1) is 11.3 Å². The molecule has 0 bridgehead atoms. The number of hydrogen-bond acceptors (Lipinski definition) is 23. The largest absolute Gasteiger partial charge is 0.469 e. The number of aliphatic hydroxyl groups excluding tert-OH is 2. The number of carbonyl (C=O) groups excluding carboxylic acids is 3. The lowest BCUT2D eigenvalue weighted by atomic mass is 9.75. The molecule has 1 aromatic carbocycles. The van der Waals surface area contributed by atoms with Crippen molar-refractivity contribution >= 4 is 97.5 Å². The molecule has 4 aromatic rings. The van der Waals surface area contributed by atoms with Crippen molar-refractivity contribution in [2.45, 2.75) is 124 Å². The van der Waals surface area contributed by atoms with Crippen LogP contribution in [0.1, 0.15) is 99.6 Å². The molecule has 2 aliphatic rings. The van der Waals surface area contributed by atoms with Crippen molar-refractivity contribution in [3.05, 3.63) is 70.1 Å². The third-order valence-electron chi connectivity index (χ3n) is 11.9. The highest BCUT2D eigenvalue weighted by atomic mass is 32.2. The van der Waals surface area contributed by atoms with Crippen molar-refractivity contribution in [2.24, 2.45) is 11.3 Å². The van der Waals surface area contributed by atoms with Gasteiger partial charge in [0.15, 0.2) is 23.5 Å². The highest BCUT2D eigenvalue weighted by Crippen LogP contribution is 2.39. The number of nitrogens with one attached hydrogen (secondary N) is 1. The Morgan fingerprint density at radius 1 is 0.975 bits per heavy atom. The number of ketones is 1. The van der Waals surface area contributed by atoms with Crippen LogP contribution in [-0.4, -0.2) is 164 Å². The first kappa shape index (κ1) is 71.0. The zero-order valence-electron chi connectivity index (χ0n) is 47.3. The number of ether oxygens (including phenoxy) is 3. The van der Waals surface area contributed by atoms with Crippen molar-refractivity contribution in [3.63, 3.8) is 0 Å². The van der Waals surface area contributed by atoms with Crippen LogP contribution in [0.3, 0.4) is 0 Å². The fraction of sp³-hybridized carbons (Fsp3) is 0.571. The molecule has 3 aromatic heterocycles. The summed E-state index contributed by atoms with van der Waals surface area (Å²) in [6.07, 6.45) is 3.70. The first-order valence-corrected chi connectivity index (χ1v) is 29.1. The van der Waals surface area contributed by atoms with Crippen molar-refractivity contribution in [3.8, 4) is 0 Å². The van der Waals surface area contributed by atoms with E-state index in [1.54, 1.807) is 33.9 Å². The number of phosphoric acid groups is 1. The van der Waals surface area contributed by atoms with Gasteiger partial charge in [0.25, 0.3) is 5.91 Å². The molecule has 6 rings (SSSR count). The summed E-state index contributed by atoms with van der Waals surface area (Å²) in [5.41, 5.74) is 11.8. The molecule has 2 aliphatic heterocycles. The van der Waals surface area contributed by atoms with Gasteiger partial charge in [-0.1, -0.05) is 77.7 Å². The highest BCUT2D eigenvalue weighted by Gasteiger charge is 2.40. The van der Waals surface area contributed by atoms with Crippen LogP contribution in [0.5, 0.6) is 0 Å². The Morgan fingerprint density at radius 3 is 2.16 bits per heavy atom. The quantitative estimate of drug-likeness (QED) is 0.0342. The van der Waals surface area contributed by atoms with Crippen LogP contribution >= 0.6 is 40.4 Å². The predicted molar refractivity (Wildman–Crippen MR) is 310 cm³/mol. The number of benzene rings is 1. The Bertz CT molecular complexity index is 2740. The minimum atomic E-state index is -4.58. The number of anilines is 3. The second kappa shape index (κ2) is 33.1. The third kappa shape index (κ3) is 22.7. The van der Waals surface area contributed by atoms with Crippen molar-refractivity contribution in [1.82, 2.24) is 39.3 Å². The summed E-state index contributed by atoms with van der Waals surface area (Å²) in [7, 11) is -0.431. The zero-order chi connectivity index (χ0) is 60.9. The Labute approximate surface area is 476 Å². The lowest BCUT2D eigenvalue weighted by molar-refractivity contribution is -0.133. The minimum Gasteiger partial charge on any atom is -0.444 e. The number of nitrogens with two attached hydrogens (primary N) is 2. The number of aliphatic hydroxyl groups is 2. The fourth-order valence-corrected chi connectivity index (χ4v) is 8.81. The number of nitrogens with zero attached hydrogens (tertiary/aromatic N) is 8. The van der Waals surface area contributed by atoms with E-state index in [1.807, 2.05) is 84.8 Å². The number of carbonyl (C=O) groups is 3. The molecule has 2 amide bonds. The fourth-order valence-electron chi connectivity index (χ4n) is 7.27. The minimum absolute atomic E-state index is 0.0119. The number of aromatic nitrogens is 6. The van der Waals surface area contributed by atoms with E-state index >= 15 is 0 Å². The number of likely N-dealkylation sites (N-methyl/N-ethyl adjacent to an activating group) is 1. The van der Waals surface area contributed by atoms with Gasteiger partial charge in [0.1, 0.15) is 41.6 Å². The number of Topliss-reactive ketones (excluding diaryl/α,β-unsaturated/α-hetero) is 1. The average Bonchev–Trinajstić information content (AvgIpc) is 4.14. The number of fused-ring (bicyclic) bond motifs is 1. The number of thioether (sulfide) groups is 1. The van der Waals surface area contributed by atoms with Crippen LogP contribution in [0.2, 0.25) is 0 Å². The molecule has 2 fully saturated rings. The van der Waals surface area contributed by atoms with E-state index in [-0.39, 0.29) is 61.5 Å². The smallest absolute Gasteiger partial charge is 0.444 e. The van der Waals surface area contributed by atoms with Gasteiger partial charge in [-0.2, -0.15) is 4.98 Å². The summed E-state index contributed by atoms with van der Waals surface area (Å²) in [5.74, 6) is -0.0721. The summed E-state index contributed by atoms with van der Waals surface area (Å²) in [6, 6.07) is 8.36. The second-order valence-corrected chi connectivity index (χ2v) is 23.0. The first-order chi connectivity index (χ1) is 37.4. The van der Waals surface area contributed by atoms with E-state index in [1.165, 1.54) is 43.7 Å². The van der Waals surface area contributed by atoms with Crippen LogP contribution in [0.15, 0.2) is 58.9 Å². The topological polar surface area (TPSA) is 385 Å². The Balaban J connectivity index is 0.000000422. The molecule has 2 saturated heterocycles. The summed E-state index contributed by atoms with van der Waals surface area (Å²) in [5, 5.41) is 19.8. The molecule has 6 atom stereocenters. The Hall–Kier alpha value is -5.10. The number of thiocarbonyl (C=S) groups is 1. The van der Waals surface area contributed by atoms with Crippen LogP contribution in [-0.2, 0) is 37.4 Å². The molecular formula is C49H79N11O16P2S2. The van der Waals surface area contributed by atoms with Crippen LogP contribution in [0.25, 0.3) is 17.2 Å². The summed E-state index contributed by atoms with van der Waals surface area (Å²) in [4.78, 5) is 105. The monoisotopic (exact) mass is 1200 g/mol. The molecule has 80 heavy (non-hydrogen) atoms. The number of amides is 2. The molecular weight excluding hydrogens is 1120 g/mol. The normalized spacial score (nSPS) is 18.5. The maximum atomic E-state index is 13.5. The van der Waals surface area contributed by atoms with Gasteiger partial charge in [0.05, 0.1) is 36.7 Å². The van der Waals surface area contributed by atoms with Crippen molar-refractivity contribution in [1.29, 1.82) is 0 Å². The Kier molecular flexibility index (Phi) is 29.4. The lowest BCUT2D eigenvalue weighted by Gasteiger charge is -2.34. The average molecular weight is 1200 g/mol. The molecule has 448 valence electrons. The molecule has 27 nitrogen and oxygen atoms in total. The van der Waals surface area contributed by atoms with E-state index in [4.69, 9.17) is 62.6 Å². The summed E-state index contributed by atoms with van der Waals surface area (Å²) in [6.45, 7) is 16.6. The molecule has 0 saturated carbocycles. The van der Waals surface area contributed by atoms with Gasteiger partial charge in [-0.25, -0.2) is 29.1 Å². The molecule has 0 radical (unpaired) electrons. The first-order valence-electron chi connectivity index (χ1n) is 25.0. The number of imidazole rings is 1. The van der Waals surface area contributed by atoms with Crippen molar-refractivity contribution in [2.75, 3.05) is 64.4 Å². The molecule has 11 N–H and O–H groups in total. The van der Waals surface area contributed by atoms with Gasteiger partial charge in [0, 0.05) is 63.2 Å². The number of alkyl carbamates (subject to hydrolysis) is 1. The zero-order valence-corrected chi connectivity index (χ0v) is 50.7. The lowest BCUT2D eigenvalue weighted by Crippen LogP contribution is -2.54. The van der Waals surface area contributed by atoms with Gasteiger partial charge < -0.3 is 75.1 Å².